The molecule has 0 aliphatic heterocycles. The number of aliphatic hydroxyl groups is 1. The summed E-state index contributed by atoms with van der Waals surface area (Å²) in [4.78, 5) is 0. The minimum Gasteiger partial charge on any atom is -0.393 e. The fourth-order valence-electron chi connectivity index (χ4n) is 7.24. The van der Waals surface area contributed by atoms with E-state index in [-0.39, 0.29) is 11.5 Å². The fourth-order valence-corrected chi connectivity index (χ4v) is 9.33. The molecule has 4 heteroatoms. The molecule has 4 aliphatic carbocycles. The minimum atomic E-state index is -3.03. The van der Waals surface area contributed by atoms with Crippen LogP contribution in [0.25, 0.3) is 0 Å². The lowest BCUT2D eigenvalue weighted by atomic mass is 9.61. The molecule has 4 rings (SSSR count). The van der Waals surface area contributed by atoms with Crippen molar-refractivity contribution in [3.8, 4) is 0 Å². The van der Waals surface area contributed by atoms with E-state index < -0.39 is 14.6 Å². The van der Waals surface area contributed by atoms with Gasteiger partial charge in [-0.1, -0.05) is 69.2 Å². The summed E-state index contributed by atoms with van der Waals surface area (Å²) in [7, 11) is -3.03. The average Bonchev–Trinajstić information content (AvgIpc) is 3.52. The topological polar surface area (TPSA) is 54.4 Å². The van der Waals surface area contributed by atoms with Gasteiger partial charge in [-0.3, -0.25) is 0 Å². The van der Waals surface area contributed by atoms with Crippen molar-refractivity contribution in [2.75, 3.05) is 5.75 Å². The third-order valence-electron chi connectivity index (χ3n) is 9.69. The molecular formula is C30H46O3S. The predicted molar refractivity (Wildman–Crippen MR) is 142 cm³/mol. The zero-order chi connectivity index (χ0) is 24.6. The van der Waals surface area contributed by atoms with E-state index >= 15 is 0 Å². The molecule has 4 aliphatic rings. The molecule has 0 aromatic heterocycles. The molecule has 1 N–H and O–H groups in total. The van der Waals surface area contributed by atoms with Crippen LogP contribution in [0.15, 0.2) is 47.6 Å². The van der Waals surface area contributed by atoms with E-state index in [4.69, 9.17) is 0 Å². The van der Waals surface area contributed by atoms with Gasteiger partial charge in [0.2, 0.25) is 0 Å². The minimum absolute atomic E-state index is 0.226. The lowest BCUT2D eigenvalue weighted by Crippen LogP contribution is -2.35. The third-order valence-corrected chi connectivity index (χ3v) is 12.3. The van der Waals surface area contributed by atoms with Crippen LogP contribution in [0.5, 0.6) is 0 Å². The van der Waals surface area contributed by atoms with E-state index in [0.29, 0.717) is 23.5 Å². The van der Waals surface area contributed by atoms with Gasteiger partial charge in [-0.2, -0.15) is 0 Å². The molecule has 0 amide bonds. The summed E-state index contributed by atoms with van der Waals surface area (Å²) in [6.45, 7) is 11.1. The molecule has 190 valence electrons. The Hall–Kier alpha value is -1.13. The van der Waals surface area contributed by atoms with Crippen LogP contribution in [-0.4, -0.2) is 30.1 Å². The quantitative estimate of drug-likeness (QED) is 0.372. The van der Waals surface area contributed by atoms with Crippen molar-refractivity contribution >= 4 is 9.84 Å². The number of sulfone groups is 1. The van der Waals surface area contributed by atoms with Crippen LogP contribution in [-0.2, 0) is 9.84 Å². The molecule has 34 heavy (non-hydrogen) atoms. The van der Waals surface area contributed by atoms with Gasteiger partial charge in [0.15, 0.2) is 9.84 Å². The van der Waals surface area contributed by atoms with E-state index in [9.17, 15) is 13.5 Å². The van der Waals surface area contributed by atoms with Gasteiger partial charge < -0.3 is 5.11 Å². The predicted octanol–water partition coefficient (Wildman–Crippen LogP) is 7.10. The lowest BCUT2D eigenvalue weighted by Gasteiger charge is -2.44. The van der Waals surface area contributed by atoms with Gasteiger partial charge in [-0.25, -0.2) is 8.42 Å². The van der Waals surface area contributed by atoms with Gasteiger partial charge >= 0.3 is 0 Å². The maximum atomic E-state index is 12.9. The van der Waals surface area contributed by atoms with Crippen molar-refractivity contribution in [1.29, 1.82) is 0 Å². The van der Waals surface area contributed by atoms with Crippen LogP contribution in [0.3, 0.4) is 0 Å². The van der Waals surface area contributed by atoms with E-state index in [2.05, 4.69) is 51.7 Å². The Bertz CT molecular complexity index is 965. The summed E-state index contributed by atoms with van der Waals surface area (Å²) in [6.07, 6.45) is 20.6. The Morgan fingerprint density at radius 1 is 1.15 bits per heavy atom. The maximum absolute atomic E-state index is 12.9. The molecule has 4 fully saturated rings. The Kier molecular flexibility index (Phi) is 7.70. The molecule has 0 radical (unpaired) electrons. The maximum Gasteiger partial charge on any atom is 0.159 e. The second kappa shape index (κ2) is 10.1. The highest BCUT2D eigenvalue weighted by molar-refractivity contribution is 7.93. The molecule has 0 bridgehead atoms. The van der Waals surface area contributed by atoms with Gasteiger partial charge in [0.05, 0.1) is 16.6 Å². The van der Waals surface area contributed by atoms with E-state index in [0.717, 1.165) is 44.9 Å². The lowest BCUT2D eigenvalue weighted by molar-refractivity contribution is 0.112. The highest BCUT2D eigenvalue weighted by Crippen LogP contribution is 2.60. The van der Waals surface area contributed by atoms with Crippen molar-refractivity contribution in [2.24, 2.45) is 23.2 Å². The van der Waals surface area contributed by atoms with Crippen molar-refractivity contribution in [1.82, 2.24) is 0 Å². The standard InChI is InChI=1S/C30H46O3S/c1-5-6-20-34(32,33)30(18-19-30)17-15-23(3)27-13-14-28-24(8-7-16-29(27,28)4)10-11-25-21-26(31)12-9-22(25)2/h10-11,15,17,23,26-28,31H,2,5-9,12-14,16,18-21H2,1,3-4H3/b17-15+,24-10+,25-11-. The molecule has 0 saturated heterocycles. The van der Waals surface area contributed by atoms with Crippen LogP contribution >= 0.6 is 0 Å². The first kappa shape index (κ1) is 25.9. The van der Waals surface area contributed by atoms with Crippen molar-refractivity contribution in [3.05, 3.63) is 47.6 Å². The molecule has 0 heterocycles. The Morgan fingerprint density at radius 2 is 1.91 bits per heavy atom. The molecule has 3 nitrogen and oxygen atoms in total. The Balaban J connectivity index is 1.47. The number of hydrogen-bond donors (Lipinski definition) is 1. The first-order chi connectivity index (χ1) is 16.1. The summed E-state index contributed by atoms with van der Waals surface area (Å²) in [5, 5.41) is 10.1. The van der Waals surface area contributed by atoms with E-state index in [1.165, 1.54) is 43.3 Å². The van der Waals surface area contributed by atoms with Crippen LogP contribution in [0.2, 0.25) is 0 Å². The van der Waals surface area contributed by atoms with Gasteiger partial charge in [0, 0.05) is 0 Å². The van der Waals surface area contributed by atoms with Gasteiger partial charge in [-0.05, 0) is 99.4 Å². The zero-order valence-electron chi connectivity index (χ0n) is 21.7. The zero-order valence-corrected chi connectivity index (χ0v) is 22.5. The summed E-state index contributed by atoms with van der Waals surface area (Å²) in [5.41, 5.74) is 4.27. The van der Waals surface area contributed by atoms with Crippen molar-refractivity contribution < 1.29 is 13.5 Å². The number of rotatable bonds is 8. The monoisotopic (exact) mass is 486 g/mol. The first-order valence-electron chi connectivity index (χ1n) is 13.8. The average molecular weight is 487 g/mol. The van der Waals surface area contributed by atoms with Crippen LogP contribution in [0.1, 0.15) is 97.8 Å². The highest BCUT2D eigenvalue weighted by atomic mass is 32.2. The molecule has 4 saturated carbocycles. The van der Waals surface area contributed by atoms with E-state index in [1.54, 1.807) is 5.57 Å². The van der Waals surface area contributed by atoms with Crippen LogP contribution < -0.4 is 0 Å². The molecule has 0 spiro atoms. The highest BCUT2D eigenvalue weighted by Gasteiger charge is 2.53. The molecule has 0 aromatic carbocycles. The largest absolute Gasteiger partial charge is 0.393 e. The summed E-state index contributed by atoms with van der Waals surface area (Å²) in [5.74, 6) is 1.95. The Labute approximate surface area is 208 Å². The second-order valence-electron chi connectivity index (χ2n) is 12.0. The molecule has 5 unspecified atom stereocenters. The van der Waals surface area contributed by atoms with Crippen LogP contribution in [0, 0.1) is 23.2 Å². The smallest absolute Gasteiger partial charge is 0.159 e. The Morgan fingerprint density at radius 3 is 2.62 bits per heavy atom. The fraction of sp³-hybridized carbons (Fsp3) is 0.733. The number of aliphatic hydroxyl groups excluding tert-OH is 1. The van der Waals surface area contributed by atoms with Gasteiger partial charge in [0.25, 0.3) is 0 Å². The van der Waals surface area contributed by atoms with Gasteiger partial charge in [-0.15, -0.1) is 0 Å². The molecular weight excluding hydrogens is 440 g/mol. The normalized spacial score (nSPS) is 36.8. The van der Waals surface area contributed by atoms with Crippen LogP contribution in [0.4, 0.5) is 0 Å². The number of unbranched alkanes of at least 4 members (excludes halogenated alkanes) is 1. The van der Waals surface area contributed by atoms with Gasteiger partial charge in [0.1, 0.15) is 0 Å². The summed E-state index contributed by atoms with van der Waals surface area (Å²) < 4.78 is 25.2. The number of fused-ring (bicyclic) bond motifs is 1. The number of hydrogen-bond acceptors (Lipinski definition) is 3. The molecule has 5 atom stereocenters. The van der Waals surface area contributed by atoms with Crippen molar-refractivity contribution in [3.63, 3.8) is 0 Å². The van der Waals surface area contributed by atoms with Crippen molar-refractivity contribution in [2.45, 2.75) is 109 Å². The first-order valence-corrected chi connectivity index (χ1v) is 15.4. The summed E-state index contributed by atoms with van der Waals surface area (Å²) >= 11 is 0. The number of allylic oxidation sites excluding steroid dienone is 5. The third kappa shape index (κ3) is 5.05. The summed E-state index contributed by atoms with van der Waals surface area (Å²) in [6, 6.07) is 0. The SMILES string of the molecule is C=C1CCC(O)C/C1=C/C=C1\CCCC2(C)C1CCC2C(C)/C=C/C1(S(=O)(=O)CCCC)CC1. The van der Waals surface area contributed by atoms with E-state index in [1.807, 2.05) is 0 Å². The second-order valence-corrected chi connectivity index (χ2v) is 14.4. The molecule has 0 aromatic rings.